The molecule has 0 fully saturated rings. The van der Waals surface area contributed by atoms with Crippen molar-refractivity contribution in [1.29, 1.82) is 0 Å². The van der Waals surface area contributed by atoms with Crippen LogP contribution in [0.3, 0.4) is 0 Å². The van der Waals surface area contributed by atoms with E-state index >= 15 is 0 Å². The molecule has 0 unspecified atom stereocenters. The Bertz CT molecular complexity index is 1260. The normalized spacial score (nSPS) is 11.5. The summed E-state index contributed by atoms with van der Waals surface area (Å²) in [6.07, 6.45) is 1.93. The third-order valence-electron chi connectivity index (χ3n) is 4.91. The van der Waals surface area contributed by atoms with Gasteiger partial charge in [0.05, 0.1) is 0 Å². The monoisotopic (exact) mass is 304 g/mol. The predicted octanol–water partition coefficient (Wildman–Crippen LogP) is 6.94. The maximum atomic E-state index is 3.95. The van der Waals surface area contributed by atoms with Gasteiger partial charge in [0.15, 0.2) is 0 Å². The molecule has 24 heavy (non-hydrogen) atoms. The summed E-state index contributed by atoms with van der Waals surface area (Å²) < 4.78 is 0. The van der Waals surface area contributed by atoms with Gasteiger partial charge < -0.3 is 0 Å². The first kappa shape index (κ1) is 13.3. The van der Waals surface area contributed by atoms with Crippen LogP contribution in [0.4, 0.5) is 0 Å². The molecule has 0 aliphatic carbocycles. The van der Waals surface area contributed by atoms with E-state index < -0.39 is 0 Å². The Balaban J connectivity index is 1.91. The molecule has 0 atom stereocenters. The lowest BCUT2D eigenvalue weighted by Gasteiger charge is -2.08. The van der Waals surface area contributed by atoms with E-state index in [-0.39, 0.29) is 0 Å². The van der Waals surface area contributed by atoms with Crippen molar-refractivity contribution in [2.24, 2.45) is 0 Å². The number of hydrogen-bond acceptors (Lipinski definition) is 0. The summed E-state index contributed by atoms with van der Waals surface area (Å²) >= 11 is 0. The molecule has 5 aromatic rings. The first-order valence-corrected chi connectivity index (χ1v) is 8.23. The van der Waals surface area contributed by atoms with Gasteiger partial charge in [-0.1, -0.05) is 55.1 Å². The second kappa shape index (κ2) is 4.94. The molecule has 5 aromatic carbocycles. The highest BCUT2D eigenvalue weighted by molar-refractivity contribution is 6.09. The summed E-state index contributed by atoms with van der Waals surface area (Å²) in [7, 11) is 0. The zero-order valence-corrected chi connectivity index (χ0v) is 13.3. The number of benzene rings is 5. The van der Waals surface area contributed by atoms with Crippen LogP contribution in [0.15, 0.2) is 85.4 Å². The Hall–Kier alpha value is -3.12. The van der Waals surface area contributed by atoms with E-state index in [1.54, 1.807) is 0 Å². The third kappa shape index (κ3) is 1.93. The standard InChI is InChI=1S/C24H16/c1-2-16-8-5-9-19-12-22-13-20-10-17-6-3-4-7-18(17)11-21(20)14-23(22)15-24(16)19/h2-15H,1H2. The Kier molecular flexibility index (Phi) is 2.74. The Morgan fingerprint density at radius 2 is 1.00 bits per heavy atom. The maximum Gasteiger partial charge on any atom is -0.0105 e. The molecule has 0 saturated heterocycles. The quantitative estimate of drug-likeness (QED) is 0.294. The fourth-order valence-electron chi connectivity index (χ4n) is 3.67. The van der Waals surface area contributed by atoms with Gasteiger partial charge in [-0.25, -0.2) is 0 Å². The lowest BCUT2D eigenvalue weighted by atomic mass is 9.96. The van der Waals surface area contributed by atoms with Crippen LogP contribution in [0.2, 0.25) is 0 Å². The first-order chi connectivity index (χ1) is 11.8. The van der Waals surface area contributed by atoms with Crippen molar-refractivity contribution in [3.8, 4) is 0 Å². The molecule has 0 bridgehead atoms. The summed E-state index contributed by atoms with van der Waals surface area (Å²) in [6.45, 7) is 3.95. The molecular formula is C24H16. The van der Waals surface area contributed by atoms with Gasteiger partial charge in [0.1, 0.15) is 0 Å². The summed E-state index contributed by atoms with van der Waals surface area (Å²) in [5.41, 5.74) is 1.19. The van der Waals surface area contributed by atoms with E-state index in [2.05, 4.69) is 85.4 Å². The second-order valence-electron chi connectivity index (χ2n) is 6.37. The van der Waals surface area contributed by atoms with Gasteiger partial charge in [0.2, 0.25) is 0 Å². The minimum Gasteiger partial charge on any atom is -0.0984 e. The maximum absolute atomic E-state index is 3.95. The molecule has 0 aliphatic rings. The minimum atomic E-state index is 1.19. The van der Waals surface area contributed by atoms with Crippen molar-refractivity contribution < 1.29 is 0 Å². The Morgan fingerprint density at radius 1 is 0.500 bits per heavy atom. The molecule has 112 valence electrons. The zero-order chi connectivity index (χ0) is 16.1. The minimum absolute atomic E-state index is 1.19. The molecular weight excluding hydrogens is 288 g/mol. The van der Waals surface area contributed by atoms with Gasteiger partial charge in [0.25, 0.3) is 0 Å². The molecule has 0 aromatic heterocycles. The fourth-order valence-corrected chi connectivity index (χ4v) is 3.67. The van der Waals surface area contributed by atoms with Crippen LogP contribution in [0.1, 0.15) is 5.56 Å². The summed E-state index contributed by atoms with van der Waals surface area (Å²) in [6, 6.07) is 28.7. The summed E-state index contributed by atoms with van der Waals surface area (Å²) in [5.74, 6) is 0. The molecule has 0 amide bonds. The first-order valence-electron chi connectivity index (χ1n) is 8.23. The van der Waals surface area contributed by atoms with Gasteiger partial charge in [-0.3, -0.25) is 0 Å². The third-order valence-corrected chi connectivity index (χ3v) is 4.91. The molecule has 0 spiro atoms. The number of rotatable bonds is 1. The van der Waals surface area contributed by atoms with Crippen LogP contribution >= 0.6 is 0 Å². The molecule has 5 rings (SSSR count). The topological polar surface area (TPSA) is 0 Å². The van der Waals surface area contributed by atoms with E-state index in [0.29, 0.717) is 0 Å². The second-order valence-corrected chi connectivity index (χ2v) is 6.37. The molecule has 0 N–H and O–H groups in total. The molecule has 0 saturated carbocycles. The van der Waals surface area contributed by atoms with Gasteiger partial charge in [-0.2, -0.15) is 0 Å². The molecule has 0 heterocycles. The Labute approximate surface area is 140 Å². The van der Waals surface area contributed by atoms with Gasteiger partial charge >= 0.3 is 0 Å². The molecule has 0 radical (unpaired) electrons. The summed E-state index contributed by atoms with van der Waals surface area (Å²) in [5, 5.41) is 10.2. The lowest BCUT2D eigenvalue weighted by molar-refractivity contribution is 1.75. The van der Waals surface area contributed by atoms with Crippen molar-refractivity contribution in [1.82, 2.24) is 0 Å². The number of fused-ring (bicyclic) bond motifs is 4. The van der Waals surface area contributed by atoms with E-state index in [1.807, 2.05) is 6.08 Å². The zero-order valence-electron chi connectivity index (χ0n) is 13.3. The van der Waals surface area contributed by atoms with Crippen molar-refractivity contribution >= 4 is 49.2 Å². The number of hydrogen-bond donors (Lipinski definition) is 0. The van der Waals surface area contributed by atoms with Crippen LogP contribution in [0, 0.1) is 0 Å². The van der Waals surface area contributed by atoms with Crippen molar-refractivity contribution in [3.05, 3.63) is 91.0 Å². The van der Waals surface area contributed by atoms with Gasteiger partial charge in [-0.05, 0) is 85.1 Å². The largest absolute Gasteiger partial charge is 0.0984 e. The van der Waals surface area contributed by atoms with E-state index in [4.69, 9.17) is 0 Å². The van der Waals surface area contributed by atoms with Crippen LogP contribution in [-0.4, -0.2) is 0 Å². The van der Waals surface area contributed by atoms with Crippen molar-refractivity contribution in [2.75, 3.05) is 0 Å². The van der Waals surface area contributed by atoms with Crippen molar-refractivity contribution in [3.63, 3.8) is 0 Å². The average molecular weight is 304 g/mol. The SMILES string of the molecule is C=Cc1cccc2cc3cc4cc5ccccc5cc4cc3cc12. The molecule has 0 heteroatoms. The van der Waals surface area contributed by atoms with Crippen LogP contribution in [0.25, 0.3) is 49.2 Å². The van der Waals surface area contributed by atoms with Gasteiger partial charge in [0, 0.05) is 0 Å². The highest BCUT2D eigenvalue weighted by atomic mass is 14.1. The van der Waals surface area contributed by atoms with Crippen LogP contribution < -0.4 is 0 Å². The van der Waals surface area contributed by atoms with E-state index in [1.165, 1.54) is 48.7 Å². The van der Waals surface area contributed by atoms with Crippen molar-refractivity contribution in [2.45, 2.75) is 0 Å². The molecule has 0 nitrogen and oxygen atoms in total. The van der Waals surface area contributed by atoms with E-state index in [0.717, 1.165) is 0 Å². The van der Waals surface area contributed by atoms with Crippen LogP contribution in [-0.2, 0) is 0 Å². The summed E-state index contributed by atoms with van der Waals surface area (Å²) in [4.78, 5) is 0. The molecule has 0 aliphatic heterocycles. The Morgan fingerprint density at radius 3 is 1.62 bits per heavy atom. The van der Waals surface area contributed by atoms with E-state index in [9.17, 15) is 0 Å². The fraction of sp³-hybridized carbons (Fsp3) is 0. The lowest BCUT2D eigenvalue weighted by Crippen LogP contribution is -1.82. The van der Waals surface area contributed by atoms with Crippen LogP contribution in [0.5, 0.6) is 0 Å². The van der Waals surface area contributed by atoms with Gasteiger partial charge in [-0.15, -0.1) is 0 Å². The highest BCUT2D eigenvalue weighted by Gasteiger charge is 2.04. The smallest absolute Gasteiger partial charge is 0.0105 e. The highest BCUT2D eigenvalue weighted by Crippen LogP contribution is 2.31. The average Bonchev–Trinajstić information content (AvgIpc) is 2.62. The predicted molar refractivity (Wildman–Crippen MR) is 107 cm³/mol.